The van der Waals surface area contributed by atoms with Gasteiger partial charge < -0.3 is 5.32 Å². The summed E-state index contributed by atoms with van der Waals surface area (Å²) in [5.74, 6) is -0.313. The van der Waals surface area contributed by atoms with Gasteiger partial charge in [0.15, 0.2) is 0 Å². The molecule has 118 valence electrons. The second-order valence-electron chi connectivity index (χ2n) is 6.92. The van der Waals surface area contributed by atoms with Crippen molar-refractivity contribution in [2.24, 2.45) is 5.41 Å². The Morgan fingerprint density at radius 2 is 1.55 bits per heavy atom. The van der Waals surface area contributed by atoms with Gasteiger partial charge >= 0.3 is 0 Å². The fraction of sp³-hybridized carbons (Fsp3) is 0.556. The largest absolute Gasteiger partial charge is 0.317 e. The summed E-state index contributed by atoms with van der Waals surface area (Å²) in [6.45, 7) is 5.81. The van der Waals surface area contributed by atoms with E-state index in [1.807, 2.05) is 26.0 Å². The normalized spacial score (nSPS) is 22.3. The van der Waals surface area contributed by atoms with Gasteiger partial charge in [-0.25, -0.2) is 0 Å². The first-order chi connectivity index (χ1) is 10.4. The molecular formula is C18H22BrNO2. The molecule has 1 aromatic carbocycles. The van der Waals surface area contributed by atoms with E-state index in [1.165, 1.54) is 0 Å². The number of carbonyl (C=O) groups is 2. The van der Waals surface area contributed by atoms with Gasteiger partial charge in [0.05, 0.1) is 0 Å². The van der Waals surface area contributed by atoms with Crippen LogP contribution in [-0.4, -0.2) is 24.7 Å². The molecule has 22 heavy (non-hydrogen) atoms. The van der Waals surface area contributed by atoms with E-state index in [0.29, 0.717) is 12.8 Å². The quantitative estimate of drug-likeness (QED) is 0.777. The van der Waals surface area contributed by atoms with Crippen molar-refractivity contribution in [2.45, 2.75) is 45.4 Å². The zero-order chi connectivity index (χ0) is 15.9. The number of hydrogen-bond donors (Lipinski definition) is 1. The molecule has 0 aromatic heterocycles. The number of carbonyl (C=O) groups excluding carboxylic acids is 2. The van der Waals surface area contributed by atoms with Crippen LogP contribution in [0.4, 0.5) is 0 Å². The highest BCUT2D eigenvalue weighted by Gasteiger charge is 2.46. The van der Waals surface area contributed by atoms with Gasteiger partial charge in [-0.05, 0) is 74.0 Å². The number of halogens is 1. The molecule has 1 aromatic rings. The average molecular weight is 364 g/mol. The van der Waals surface area contributed by atoms with E-state index >= 15 is 0 Å². The van der Waals surface area contributed by atoms with Gasteiger partial charge in [0.1, 0.15) is 17.5 Å². The number of nitrogens with one attached hydrogen (secondary N) is 1. The summed E-state index contributed by atoms with van der Waals surface area (Å²) in [5.41, 5.74) is 2.91. The maximum Gasteiger partial charge on any atom is 0.148 e. The van der Waals surface area contributed by atoms with E-state index in [-0.39, 0.29) is 17.0 Å². The first-order valence-electron chi connectivity index (χ1n) is 7.95. The molecule has 1 N–H and O–H groups in total. The average Bonchev–Trinajstić information content (AvgIpc) is 2.41. The summed E-state index contributed by atoms with van der Waals surface area (Å²) in [6.07, 6.45) is 2.99. The van der Waals surface area contributed by atoms with Crippen LogP contribution in [0.1, 0.15) is 48.3 Å². The van der Waals surface area contributed by atoms with Gasteiger partial charge in [-0.15, -0.1) is 0 Å². The van der Waals surface area contributed by atoms with Crippen molar-refractivity contribution in [3.63, 3.8) is 0 Å². The van der Waals surface area contributed by atoms with E-state index in [0.717, 1.165) is 47.1 Å². The number of hydrogen-bond acceptors (Lipinski definition) is 3. The maximum atomic E-state index is 12.8. The minimum absolute atomic E-state index is 0.0763. The number of benzene rings is 1. The summed E-state index contributed by atoms with van der Waals surface area (Å²) in [5, 5.41) is 3.33. The van der Waals surface area contributed by atoms with E-state index in [2.05, 4.69) is 21.2 Å². The molecule has 2 aliphatic rings. The van der Waals surface area contributed by atoms with Gasteiger partial charge in [0, 0.05) is 17.3 Å². The molecule has 0 bridgehead atoms. The fourth-order valence-corrected chi connectivity index (χ4v) is 4.88. The third kappa shape index (κ3) is 2.79. The molecule has 4 heteroatoms. The van der Waals surface area contributed by atoms with Crippen molar-refractivity contribution in [1.82, 2.24) is 5.32 Å². The van der Waals surface area contributed by atoms with Crippen molar-refractivity contribution in [3.05, 3.63) is 33.3 Å². The van der Waals surface area contributed by atoms with E-state index in [4.69, 9.17) is 0 Å². The molecule has 1 heterocycles. The Bertz CT molecular complexity index is 589. The van der Waals surface area contributed by atoms with Crippen molar-refractivity contribution in [1.29, 1.82) is 0 Å². The van der Waals surface area contributed by atoms with Crippen molar-refractivity contribution in [2.75, 3.05) is 13.1 Å². The number of piperidine rings is 1. The highest BCUT2D eigenvalue weighted by molar-refractivity contribution is 9.10. The number of aryl methyl sites for hydroxylation is 2. The fourth-order valence-electron chi connectivity index (χ4n) is 4.20. The van der Waals surface area contributed by atoms with E-state index in [1.54, 1.807) is 0 Å². The van der Waals surface area contributed by atoms with Crippen molar-refractivity contribution < 1.29 is 9.59 Å². The van der Waals surface area contributed by atoms with Crippen molar-refractivity contribution >= 4 is 27.5 Å². The zero-order valence-corrected chi connectivity index (χ0v) is 14.8. The Balaban J connectivity index is 1.94. The van der Waals surface area contributed by atoms with Crippen LogP contribution in [0.3, 0.4) is 0 Å². The standard InChI is InChI=1S/C18H22BrNO2/c1-11-7-13(19)8-12(2)16(11)17-14(21)9-18(10-15(17)22)3-5-20-6-4-18/h7-8,17,20H,3-6,9-10H2,1-2H3. The lowest BCUT2D eigenvalue weighted by Crippen LogP contribution is -2.45. The Hall–Kier alpha value is -1.00. The Labute approximate surface area is 140 Å². The predicted molar refractivity (Wildman–Crippen MR) is 90.1 cm³/mol. The van der Waals surface area contributed by atoms with Gasteiger partial charge in [-0.3, -0.25) is 9.59 Å². The topological polar surface area (TPSA) is 46.2 Å². The highest BCUT2D eigenvalue weighted by Crippen LogP contribution is 2.45. The second kappa shape index (κ2) is 5.89. The minimum Gasteiger partial charge on any atom is -0.317 e. The Morgan fingerprint density at radius 1 is 1.05 bits per heavy atom. The lowest BCUT2D eigenvalue weighted by Gasteiger charge is -2.41. The summed E-state index contributed by atoms with van der Waals surface area (Å²) in [7, 11) is 0. The van der Waals surface area contributed by atoms with Crippen LogP contribution in [0.5, 0.6) is 0 Å². The van der Waals surface area contributed by atoms with Crippen LogP contribution >= 0.6 is 15.9 Å². The molecule has 0 atom stereocenters. The molecule has 3 rings (SSSR count). The maximum absolute atomic E-state index is 12.8. The van der Waals surface area contributed by atoms with Crippen molar-refractivity contribution in [3.8, 4) is 0 Å². The third-order valence-corrected chi connectivity index (χ3v) is 5.71. The molecule has 1 aliphatic carbocycles. The first kappa shape index (κ1) is 15.9. The monoisotopic (exact) mass is 363 g/mol. The molecule has 0 amide bonds. The summed E-state index contributed by atoms with van der Waals surface area (Å²) in [4.78, 5) is 25.6. The molecular weight excluding hydrogens is 342 g/mol. The van der Waals surface area contributed by atoms with Crippen LogP contribution in [0.15, 0.2) is 16.6 Å². The van der Waals surface area contributed by atoms with Gasteiger partial charge in [0.25, 0.3) is 0 Å². The van der Waals surface area contributed by atoms with Crippen LogP contribution in [0, 0.1) is 19.3 Å². The molecule has 1 saturated carbocycles. The molecule has 2 fully saturated rings. The minimum atomic E-state index is -0.548. The van der Waals surface area contributed by atoms with Crippen LogP contribution in [-0.2, 0) is 9.59 Å². The molecule has 1 spiro atoms. The molecule has 0 unspecified atom stereocenters. The van der Waals surface area contributed by atoms with Gasteiger partial charge in [-0.2, -0.15) is 0 Å². The van der Waals surface area contributed by atoms with E-state index in [9.17, 15) is 9.59 Å². The summed E-state index contributed by atoms with van der Waals surface area (Å²) >= 11 is 3.48. The lowest BCUT2D eigenvalue weighted by atomic mass is 9.63. The van der Waals surface area contributed by atoms with E-state index < -0.39 is 5.92 Å². The SMILES string of the molecule is Cc1cc(Br)cc(C)c1C1C(=O)CC2(CCNCC2)CC1=O. The third-order valence-electron chi connectivity index (χ3n) is 5.25. The highest BCUT2D eigenvalue weighted by atomic mass is 79.9. The molecule has 3 nitrogen and oxygen atoms in total. The Kier molecular flexibility index (Phi) is 4.25. The number of Topliss-reactive ketones (excluding diaryl/α,β-unsaturated/α-hetero) is 2. The van der Waals surface area contributed by atoms with Gasteiger partial charge in [0.2, 0.25) is 0 Å². The van der Waals surface area contributed by atoms with Crippen LogP contribution in [0.2, 0.25) is 0 Å². The number of ketones is 2. The summed E-state index contributed by atoms with van der Waals surface area (Å²) in [6, 6.07) is 4.00. The first-order valence-corrected chi connectivity index (χ1v) is 8.74. The predicted octanol–water partition coefficient (Wildman–Crippen LogP) is 3.45. The van der Waals surface area contributed by atoms with Crippen LogP contribution in [0.25, 0.3) is 0 Å². The Morgan fingerprint density at radius 3 is 2.05 bits per heavy atom. The lowest BCUT2D eigenvalue weighted by molar-refractivity contribution is -0.137. The van der Waals surface area contributed by atoms with Gasteiger partial charge in [-0.1, -0.05) is 15.9 Å². The smallest absolute Gasteiger partial charge is 0.148 e. The zero-order valence-electron chi connectivity index (χ0n) is 13.2. The molecule has 1 aliphatic heterocycles. The second-order valence-corrected chi connectivity index (χ2v) is 7.84. The molecule has 0 radical (unpaired) electrons. The summed E-state index contributed by atoms with van der Waals surface area (Å²) < 4.78 is 0.997. The number of rotatable bonds is 1. The molecule has 1 saturated heterocycles. The van der Waals surface area contributed by atoms with Crippen LogP contribution < -0.4 is 5.32 Å².